The number of carbonyl (C=O) groups is 6. The summed E-state index contributed by atoms with van der Waals surface area (Å²) in [4.78, 5) is 76.8. The fourth-order valence-electron chi connectivity index (χ4n) is 16.5. The first-order valence-electron chi connectivity index (χ1n) is 41.0. The quantitative estimate of drug-likeness (QED) is 0.0271. The molecular formula is C72H120N6O49S. The van der Waals surface area contributed by atoms with E-state index in [0.717, 1.165) is 41.5 Å². The summed E-state index contributed by atoms with van der Waals surface area (Å²) in [7, 11) is 0. The molecule has 0 aromatic carbocycles. The number of aliphatic hydroxyl groups excluding tert-OH is 24. The van der Waals surface area contributed by atoms with Crippen molar-refractivity contribution in [2.75, 3.05) is 59.5 Å². The van der Waals surface area contributed by atoms with Crippen molar-refractivity contribution in [1.29, 1.82) is 0 Å². The van der Waals surface area contributed by atoms with Crippen molar-refractivity contribution in [2.24, 2.45) is 0 Å². The minimum atomic E-state index is -2.69. The van der Waals surface area contributed by atoms with Gasteiger partial charge in [-0.25, -0.2) is 0 Å². The van der Waals surface area contributed by atoms with E-state index in [1.54, 1.807) is 0 Å². The summed E-state index contributed by atoms with van der Waals surface area (Å²) in [5, 5.41) is 287. The minimum Gasteiger partial charge on any atom is -0.394 e. The van der Waals surface area contributed by atoms with E-state index in [4.69, 9.17) is 90.0 Å². The van der Waals surface area contributed by atoms with Gasteiger partial charge in [0.15, 0.2) is 56.6 Å². The van der Waals surface area contributed by atoms with Gasteiger partial charge < -0.3 is 244 Å². The molecule has 0 radical (unpaired) electrons. The van der Waals surface area contributed by atoms with Gasteiger partial charge >= 0.3 is 0 Å². The molecule has 10 fully saturated rings. The van der Waals surface area contributed by atoms with Gasteiger partial charge in [-0.15, -0.1) is 12.6 Å². The predicted octanol–water partition coefficient (Wildman–Crippen LogP) is -20.0. The summed E-state index contributed by atoms with van der Waals surface area (Å²) in [5.74, 6) is -5.30. The molecule has 0 aromatic heterocycles. The van der Waals surface area contributed by atoms with Gasteiger partial charge in [-0.1, -0.05) is 0 Å². The van der Waals surface area contributed by atoms with Gasteiger partial charge in [0.05, 0.1) is 71.6 Å². The number of hydrogen-bond acceptors (Lipinski definition) is 50. The van der Waals surface area contributed by atoms with Crippen molar-refractivity contribution >= 4 is 48.1 Å². The number of hydrogen-bond donors (Lipinski definition) is 31. The minimum absolute atomic E-state index is 0.748. The molecule has 50 unspecified atom stereocenters. The van der Waals surface area contributed by atoms with Crippen LogP contribution in [0.25, 0.3) is 0 Å². The molecule has 738 valence electrons. The molecule has 0 aromatic rings. The maximum atomic E-state index is 13.4. The van der Waals surface area contributed by atoms with Crippen LogP contribution in [0.3, 0.4) is 0 Å². The van der Waals surface area contributed by atoms with Gasteiger partial charge in [-0.2, -0.15) is 0 Å². The molecule has 10 aliphatic heterocycles. The van der Waals surface area contributed by atoms with Crippen LogP contribution in [0.5, 0.6) is 0 Å². The summed E-state index contributed by atoms with van der Waals surface area (Å²) in [6.07, 6.45) is -89.3. The van der Waals surface area contributed by atoms with Crippen molar-refractivity contribution in [3.8, 4) is 0 Å². The first-order chi connectivity index (χ1) is 60.4. The van der Waals surface area contributed by atoms with E-state index in [0.29, 0.717) is 0 Å². The van der Waals surface area contributed by atoms with Crippen molar-refractivity contribution < 1.29 is 241 Å². The van der Waals surface area contributed by atoms with E-state index in [1.165, 1.54) is 6.92 Å². The Hall–Kier alpha value is -4.55. The third-order valence-corrected chi connectivity index (χ3v) is 23.6. The van der Waals surface area contributed by atoms with Gasteiger partial charge in [0.1, 0.15) is 237 Å². The lowest BCUT2D eigenvalue weighted by Crippen LogP contribution is -2.71. The van der Waals surface area contributed by atoms with Gasteiger partial charge in [0.25, 0.3) is 0 Å². The van der Waals surface area contributed by atoms with Gasteiger partial charge in [-0.05, 0) is 6.92 Å². The van der Waals surface area contributed by atoms with E-state index in [1.807, 2.05) is 0 Å². The van der Waals surface area contributed by atoms with Crippen LogP contribution in [0, 0.1) is 0 Å². The molecule has 50 atom stereocenters. The molecule has 10 aliphatic rings. The summed E-state index contributed by atoms with van der Waals surface area (Å²) < 4.78 is 116. The average molecular weight is 1890 g/mol. The Balaban J connectivity index is 1.05. The molecular weight excluding hydrogens is 1760 g/mol. The molecule has 30 N–H and O–H groups in total. The van der Waals surface area contributed by atoms with Crippen molar-refractivity contribution in [3.05, 3.63) is 0 Å². The number of thiol groups is 1. The number of ether oxygens (including phenoxy) is 19. The summed E-state index contributed by atoms with van der Waals surface area (Å²) in [6, 6.07) is -10.8. The van der Waals surface area contributed by atoms with E-state index in [2.05, 4.69) is 44.5 Å². The molecule has 0 saturated carbocycles. The topological polar surface area (TPSA) is 835 Å². The number of aliphatic hydroxyl groups is 24. The van der Waals surface area contributed by atoms with Crippen LogP contribution >= 0.6 is 12.6 Å². The number of nitrogens with one attached hydrogen (secondary N) is 6. The highest BCUT2D eigenvalue weighted by atomic mass is 32.1. The largest absolute Gasteiger partial charge is 0.394 e. The van der Waals surface area contributed by atoms with Gasteiger partial charge in [-0.3, -0.25) is 28.8 Å². The van der Waals surface area contributed by atoms with Crippen molar-refractivity contribution in [2.45, 2.75) is 354 Å². The second-order valence-corrected chi connectivity index (χ2v) is 33.0. The Labute approximate surface area is 732 Å². The highest BCUT2D eigenvalue weighted by Crippen LogP contribution is 2.41. The summed E-state index contributed by atoms with van der Waals surface area (Å²) in [6.45, 7) is -2.62. The first kappa shape index (κ1) is 106. The third-order valence-electron chi connectivity index (χ3n) is 23.2. The number of amides is 6. The van der Waals surface area contributed by atoms with Crippen LogP contribution in [0.1, 0.15) is 48.5 Å². The van der Waals surface area contributed by atoms with E-state index in [9.17, 15) is 151 Å². The maximum absolute atomic E-state index is 13.4. The molecule has 10 saturated heterocycles. The van der Waals surface area contributed by atoms with Crippen LogP contribution in [0.2, 0.25) is 0 Å². The molecule has 0 spiro atoms. The fraction of sp³-hybridized carbons (Fsp3) is 0.917. The SMILES string of the molecule is CC(=O)NC1C(S)OC(COC2OC(C)C(O)C(O)C2O)C(OC2OC(CO)C(OC3OC(COC4OC(COC5OC(CO)C(O)C(O)C5NC(C)=O)C(O)C(O)C4OC4OC(CO)C(O)C(O)C4NC(C)=O)C(O)C(OC4OC(CO)C(OC5OC(CO)C(O)C(O)C5NC(C)=O)C(O)C4OC4OC(CO)C(O)C(O)C4NC(C)=O)C3O)C(O)C2NC(C)=O)C1O. The molecule has 6 amide bonds. The van der Waals surface area contributed by atoms with Gasteiger partial charge in [0, 0.05) is 41.5 Å². The Morgan fingerprint density at radius 3 is 0.938 bits per heavy atom. The van der Waals surface area contributed by atoms with Crippen molar-refractivity contribution in [3.63, 3.8) is 0 Å². The Bertz CT molecular complexity index is 3560. The number of rotatable bonds is 33. The third kappa shape index (κ3) is 24.1. The summed E-state index contributed by atoms with van der Waals surface area (Å²) >= 11 is 4.41. The van der Waals surface area contributed by atoms with Crippen molar-refractivity contribution in [1.82, 2.24) is 31.9 Å². The molecule has 128 heavy (non-hydrogen) atoms. The molecule has 10 rings (SSSR count). The normalized spacial score (nSPS) is 47.8. The lowest BCUT2D eigenvalue weighted by atomic mass is 9.93. The first-order valence-corrected chi connectivity index (χ1v) is 41.5. The predicted molar refractivity (Wildman–Crippen MR) is 405 cm³/mol. The van der Waals surface area contributed by atoms with E-state index < -0.39 is 401 Å². The molecule has 0 bridgehead atoms. The lowest BCUT2D eigenvalue weighted by molar-refractivity contribution is -0.403. The van der Waals surface area contributed by atoms with E-state index in [-0.39, 0.29) is 0 Å². The second kappa shape index (κ2) is 46.3. The highest BCUT2D eigenvalue weighted by Gasteiger charge is 2.62. The lowest BCUT2D eigenvalue weighted by Gasteiger charge is -2.52. The Morgan fingerprint density at radius 1 is 0.234 bits per heavy atom. The number of carbonyl (C=O) groups excluding carboxylic acids is 6. The smallest absolute Gasteiger partial charge is 0.217 e. The van der Waals surface area contributed by atoms with E-state index >= 15 is 0 Å². The molecule has 55 nitrogen and oxygen atoms in total. The zero-order chi connectivity index (χ0) is 94.4. The zero-order valence-electron chi connectivity index (χ0n) is 69.6. The fourth-order valence-corrected chi connectivity index (χ4v) is 16.9. The van der Waals surface area contributed by atoms with Crippen LogP contribution < -0.4 is 31.9 Å². The standard InChI is InChI=1S/C72H120N6O49S/c1-17-39(91)52(104)54(106)68(112-17)110-16-32-59(51(103)38(72(128)121-32)78-23(7)90)123-67-37(77-22(6)89)50(102)57(28(12-83)117-67)124-69-56(108)60(125-71-62(127-66-36(76-21(5)88)49(101)43(95)27(11-82)116-66)55(107)58(29(13-84)118-71)122-64-34(74-19(3)86)47(99)41(93)25(9-80)114-64)45(97)31(119-69)15-111-70-61(126-65-35(75-20(4)87)48(100)42(94)26(10-81)115-65)53(105)44(96)30(120-70)14-109-63-33(73-18(2)85)46(98)40(92)24(8-79)113-63/h17,24-72,79-84,91-108,128H,8-16H2,1-7H3,(H,73,85)(H,74,86)(H,75,87)(H,76,88)(H,77,89)(H,78,90). The molecule has 0 aliphatic carbocycles. The monoisotopic (exact) mass is 1880 g/mol. The Morgan fingerprint density at radius 2 is 0.516 bits per heavy atom. The van der Waals surface area contributed by atoms with Gasteiger partial charge in [0.2, 0.25) is 35.4 Å². The zero-order valence-corrected chi connectivity index (χ0v) is 70.5. The highest BCUT2D eigenvalue weighted by molar-refractivity contribution is 7.80. The van der Waals surface area contributed by atoms with Crippen LogP contribution in [0.15, 0.2) is 0 Å². The van der Waals surface area contributed by atoms with Crippen LogP contribution in [-0.4, -0.2) is 523 Å². The maximum Gasteiger partial charge on any atom is 0.217 e. The molecule has 56 heteroatoms. The van der Waals surface area contributed by atoms with Crippen LogP contribution in [0.4, 0.5) is 0 Å². The Kier molecular flexibility index (Phi) is 38.2. The average Bonchev–Trinajstić information content (AvgIpc) is 0.763. The second-order valence-electron chi connectivity index (χ2n) is 32.5. The van der Waals surface area contributed by atoms with Crippen LogP contribution in [-0.2, 0) is 119 Å². The molecule has 10 heterocycles. The summed E-state index contributed by atoms with van der Waals surface area (Å²) in [5.41, 5.74) is -1.41.